The van der Waals surface area contributed by atoms with E-state index in [0.29, 0.717) is 17.0 Å². The van der Waals surface area contributed by atoms with Crippen molar-refractivity contribution in [1.82, 2.24) is 15.6 Å². The van der Waals surface area contributed by atoms with Crippen LogP contribution in [-0.2, 0) is 6.18 Å². The van der Waals surface area contributed by atoms with Crippen molar-refractivity contribution >= 4 is 28.8 Å². The van der Waals surface area contributed by atoms with E-state index in [2.05, 4.69) is 25.9 Å². The van der Waals surface area contributed by atoms with Crippen molar-refractivity contribution in [3.8, 4) is 0 Å². The molecule has 158 valence electrons. The van der Waals surface area contributed by atoms with E-state index in [1.54, 1.807) is 30.6 Å². The summed E-state index contributed by atoms with van der Waals surface area (Å²) in [6.45, 7) is 3.96. The van der Waals surface area contributed by atoms with Gasteiger partial charge in [-0.2, -0.15) is 13.2 Å². The van der Waals surface area contributed by atoms with E-state index in [1.807, 2.05) is 26.1 Å². The average molecular weight is 435 g/mol. The minimum absolute atomic E-state index is 0.0643. The van der Waals surface area contributed by atoms with E-state index in [4.69, 9.17) is 0 Å². The first-order valence-electron chi connectivity index (χ1n) is 9.06. The number of halogens is 3. The van der Waals surface area contributed by atoms with Crippen LogP contribution < -0.4 is 16.0 Å². The summed E-state index contributed by atoms with van der Waals surface area (Å²) in [6.07, 6.45) is 2.51. The molecule has 1 unspecified atom stereocenters. The molecule has 1 aromatic heterocycles. The monoisotopic (exact) mass is 435 g/mol. The van der Waals surface area contributed by atoms with Gasteiger partial charge in [0.1, 0.15) is 10.7 Å². The Morgan fingerprint density at radius 2 is 2.10 bits per heavy atom. The highest BCUT2D eigenvalue weighted by Gasteiger charge is 2.35. The van der Waals surface area contributed by atoms with Crippen molar-refractivity contribution in [3.63, 3.8) is 0 Å². The Balaban J connectivity index is 1.56. The lowest BCUT2D eigenvalue weighted by Gasteiger charge is -2.14. The third kappa shape index (κ3) is 5.69. The van der Waals surface area contributed by atoms with E-state index < -0.39 is 17.1 Å². The molecule has 0 aliphatic carbocycles. The second-order valence-electron chi connectivity index (χ2n) is 6.70. The van der Waals surface area contributed by atoms with Gasteiger partial charge in [0.05, 0.1) is 6.20 Å². The second-order valence-corrected chi connectivity index (χ2v) is 7.73. The Hall–Kier alpha value is -3.14. The number of hydrogen-bond acceptors (Lipinski definition) is 6. The Morgan fingerprint density at radius 3 is 2.77 bits per heavy atom. The number of aliphatic imine (C=N–C) groups is 1. The largest absolute Gasteiger partial charge is 0.443 e. The first-order valence-corrected chi connectivity index (χ1v) is 9.88. The van der Waals surface area contributed by atoms with E-state index in [1.165, 1.54) is 5.57 Å². The molecule has 6 nitrogen and oxygen atoms in total. The predicted molar refractivity (Wildman–Crippen MR) is 111 cm³/mol. The quantitative estimate of drug-likeness (QED) is 0.607. The molecular formula is C20H20F3N5OS. The molecule has 0 bridgehead atoms. The van der Waals surface area contributed by atoms with E-state index in [-0.39, 0.29) is 10.9 Å². The van der Waals surface area contributed by atoms with Crippen LogP contribution in [0.25, 0.3) is 0 Å². The number of aromatic nitrogens is 1. The Bertz CT molecular complexity index is 1010. The second kappa shape index (κ2) is 9.12. The number of nitrogens with one attached hydrogen (secondary N) is 3. The molecule has 1 aliphatic heterocycles. The van der Waals surface area contributed by atoms with Crippen LogP contribution in [0.5, 0.6) is 0 Å². The summed E-state index contributed by atoms with van der Waals surface area (Å²) in [4.78, 5) is 19.6. The lowest BCUT2D eigenvalue weighted by atomic mass is 10.1. The number of carbonyl (C=O) groups is 1. The molecule has 1 aromatic carbocycles. The maximum Gasteiger partial charge on any atom is 0.443 e. The first-order chi connectivity index (χ1) is 14.2. The number of nitrogens with zero attached hydrogens (tertiary/aromatic N) is 2. The minimum Gasteiger partial charge on any atom is -0.383 e. The Kier molecular flexibility index (Phi) is 6.56. The van der Waals surface area contributed by atoms with Crippen LogP contribution in [0, 0.1) is 0 Å². The molecule has 3 rings (SSSR count). The van der Waals surface area contributed by atoms with Gasteiger partial charge in [0, 0.05) is 36.7 Å². The normalized spacial score (nSPS) is 15.0. The third-order valence-corrected chi connectivity index (χ3v) is 5.22. The van der Waals surface area contributed by atoms with Gasteiger partial charge in [-0.15, -0.1) is 11.3 Å². The van der Waals surface area contributed by atoms with Gasteiger partial charge in [0.15, 0.2) is 5.01 Å². The van der Waals surface area contributed by atoms with Gasteiger partial charge in [0.25, 0.3) is 5.91 Å². The molecule has 30 heavy (non-hydrogen) atoms. The molecular weight excluding hydrogens is 415 g/mol. The van der Waals surface area contributed by atoms with Crippen LogP contribution >= 0.6 is 11.3 Å². The number of amidine groups is 1. The lowest BCUT2D eigenvalue weighted by molar-refractivity contribution is -0.137. The standard InChI is InChI=1S/C20H20F3N5OS/c1-12-8-17(26-10-12)25-7-6-24-13(2)14-4-3-5-15(9-14)28-18(29)16-11-27-19(30-16)20(21,22)23/h3-7,9-11,13,24H,8H2,1-2H3,(H,25,26)(H,28,29). The van der Waals surface area contributed by atoms with Gasteiger partial charge in [-0.1, -0.05) is 12.1 Å². The number of hydrogen-bond donors (Lipinski definition) is 3. The fourth-order valence-electron chi connectivity index (χ4n) is 2.65. The van der Waals surface area contributed by atoms with Gasteiger partial charge in [-0.3, -0.25) is 4.79 Å². The summed E-state index contributed by atoms with van der Waals surface area (Å²) >= 11 is 0.312. The van der Waals surface area contributed by atoms with Crippen LogP contribution in [-0.4, -0.2) is 16.7 Å². The molecule has 3 N–H and O–H groups in total. The van der Waals surface area contributed by atoms with Gasteiger partial charge < -0.3 is 16.0 Å². The molecule has 0 saturated carbocycles. The maximum atomic E-state index is 12.7. The van der Waals surface area contributed by atoms with Crippen molar-refractivity contribution in [2.24, 2.45) is 4.99 Å². The fourth-order valence-corrected chi connectivity index (χ4v) is 3.33. The number of alkyl halides is 3. The Labute approximate surface area is 175 Å². The lowest BCUT2D eigenvalue weighted by Crippen LogP contribution is -2.18. The molecule has 10 heteroatoms. The van der Waals surface area contributed by atoms with E-state index in [9.17, 15) is 18.0 Å². The van der Waals surface area contributed by atoms with Crippen molar-refractivity contribution < 1.29 is 18.0 Å². The zero-order chi connectivity index (χ0) is 21.7. The number of carbonyl (C=O) groups excluding carboxylic acids is 1. The molecule has 0 saturated heterocycles. The molecule has 0 spiro atoms. The number of benzene rings is 1. The maximum absolute atomic E-state index is 12.7. The summed E-state index contributed by atoms with van der Waals surface area (Å²) < 4.78 is 38.0. The number of anilines is 1. The molecule has 2 heterocycles. The molecule has 1 amide bonds. The van der Waals surface area contributed by atoms with Crippen molar-refractivity contribution in [3.05, 3.63) is 70.1 Å². The van der Waals surface area contributed by atoms with Gasteiger partial charge in [-0.25, -0.2) is 9.98 Å². The summed E-state index contributed by atoms with van der Waals surface area (Å²) in [5.41, 5.74) is 2.57. The highest BCUT2D eigenvalue weighted by atomic mass is 32.1. The van der Waals surface area contributed by atoms with Gasteiger partial charge in [-0.05, 0) is 37.1 Å². The van der Waals surface area contributed by atoms with Crippen molar-refractivity contribution in [2.45, 2.75) is 32.5 Å². The minimum atomic E-state index is -4.56. The molecule has 2 aromatic rings. The highest BCUT2D eigenvalue weighted by Crippen LogP contribution is 2.32. The molecule has 0 fully saturated rings. The SMILES string of the molecule is CC1=CN=C(NC=CNC(C)c2cccc(NC(=O)c3cnc(C(F)(F)F)s3)c2)C1. The van der Waals surface area contributed by atoms with Crippen LogP contribution in [0.2, 0.25) is 0 Å². The van der Waals surface area contributed by atoms with E-state index >= 15 is 0 Å². The van der Waals surface area contributed by atoms with Crippen LogP contribution in [0.4, 0.5) is 18.9 Å². The summed E-state index contributed by atoms with van der Waals surface area (Å²) in [7, 11) is 0. The third-order valence-electron chi connectivity index (χ3n) is 4.18. The Morgan fingerprint density at radius 1 is 1.30 bits per heavy atom. The topological polar surface area (TPSA) is 78.4 Å². The zero-order valence-electron chi connectivity index (χ0n) is 16.2. The van der Waals surface area contributed by atoms with Crippen LogP contribution in [0.1, 0.15) is 46.6 Å². The molecule has 0 radical (unpaired) electrons. The van der Waals surface area contributed by atoms with Crippen LogP contribution in [0.3, 0.4) is 0 Å². The van der Waals surface area contributed by atoms with Crippen molar-refractivity contribution in [1.29, 1.82) is 0 Å². The average Bonchev–Trinajstić information content (AvgIpc) is 3.34. The molecule has 1 aliphatic rings. The summed E-state index contributed by atoms with van der Waals surface area (Å²) in [6, 6.07) is 7.02. The summed E-state index contributed by atoms with van der Waals surface area (Å²) in [5.74, 6) is 0.241. The van der Waals surface area contributed by atoms with Gasteiger partial charge >= 0.3 is 6.18 Å². The smallest absolute Gasteiger partial charge is 0.383 e. The zero-order valence-corrected chi connectivity index (χ0v) is 17.1. The highest BCUT2D eigenvalue weighted by molar-refractivity contribution is 7.13. The number of thiazole rings is 1. The van der Waals surface area contributed by atoms with Crippen LogP contribution in [0.15, 0.2) is 59.6 Å². The van der Waals surface area contributed by atoms with E-state index in [0.717, 1.165) is 24.0 Å². The van der Waals surface area contributed by atoms with Gasteiger partial charge in [0.2, 0.25) is 0 Å². The number of rotatable bonds is 6. The summed E-state index contributed by atoms with van der Waals surface area (Å²) in [5, 5.41) is 7.87. The molecule has 1 atom stereocenters. The first kappa shape index (κ1) is 21.6. The predicted octanol–water partition coefficient (Wildman–Crippen LogP) is 4.83. The fraction of sp³-hybridized carbons (Fsp3) is 0.250. The van der Waals surface area contributed by atoms with Crippen molar-refractivity contribution in [2.75, 3.05) is 5.32 Å². The number of amides is 1.